The summed E-state index contributed by atoms with van der Waals surface area (Å²) in [5.41, 5.74) is 9.74. The Labute approximate surface area is 135 Å². The molecule has 2 rings (SSSR count). The summed E-state index contributed by atoms with van der Waals surface area (Å²) in [5, 5.41) is 6.23. The van der Waals surface area contributed by atoms with Crippen LogP contribution in [0.15, 0.2) is 47.6 Å². The van der Waals surface area contributed by atoms with Gasteiger partial charge < -0.3 is 5.73 Å². The van der Waals surface area contributed by atoms with Crippen molar-refractivity contribution in [2.75, 3.05) is 12.8 Å². The van der Waals surface area contributed by atoms with Gasteiger partial charge in [0, 0.05) is 28.9 Å². The molecule has 0 heterocycles. The number of nitrogen functional groups attached to an aromatic ring is 1. The number of carbonyl (C=O) groups is 1. The molecule has 0 spiro atoms. The lowest BCUT2D eigenvalue weighted by Gasteiger charge is -2.14. The number of rotatable bonds is 3. The van der Waals surface area contributed by atoms with E-state index in [2.05, 4.69) is 5.10 Å². The lowest BCUT2D eigenvalue weighted by atomic mass is 10.1. The van der Waals surface area contributed by atoms with Gasteiger partial charge in [0.25, 0.3) is 5.91 Å². The minimum atomic E-state index is -0.206. The molecule has 0 fully saturated rings. The Morgan fingerprint density at radius 2 is 1.82 bits per heavy atom. The standard InChI is InChI=1S/C17H18ClN3O/c1-11-4-9-16(19)15(10-11)12(2)20-21(3)17(22)13-5-7-14(18)8-6-13/h4-10H,19H2,1-3H3/b20-12+. The molecule has 4 nitrogen and oxygen atoms in total. The van der Waals surface area contributed by atoms with Gasteiger partial charge in [-0.3, -0.25) is 4.79 Å². The maximum atomic E-state index is 12.3. The van der Waals surface area contributed by atoms with Gasteiger partial charge in [0.05, 0.1) is 5.71 Å². The molecule has 2 aromatic rings. The molecule has 0 aliphatic rings. The van der Waals surface area contributed by atoms with Crippen LogP contribution in [0.4, 0.5) is 5.69 Å². The van der Waals surface area contributed by atoms with Crippen molar-refractivity contribution in [2.24, 2.45) is 5.10 Å². The number of hydrogen-bond acceptors (Lipinski definition) is 3. The van der Waals surface area contributed by atoms with Crippen molar-refractivity contribution >= 4 is 28.9 Å². The van der Waals surface area contributed by atoms with Gasteiger partial charge in [0.1, 0.15) is 0 Å². The number of aryl methyl sites for hydroxylation is 1. The van der Waals surface area contributed by atoms with Crippen LogP contribution in [0.25, 0.3) is 0 Å². The largest absolute Gasteiger partial charge is 0.398 e. The maximum Gasteiger partial charge on any atom is 0.273 e. The minimum Gasteiger partial charge on any atom is -0.398 e. The Kier molecular flexibility index (Phi) is 4.83. The van der Waals surface area contributed by atoms with Crippen LogP contribution < -0.4 is 5.73 Å². The van der Waals surface area contributed by atoms with Crippen molar-refractivity contribution in [1.29, 1.82) is 0 Å². The second-order valence-corrected chi connectivity index (χ2v) is 5.55. The quantitative estimate of drug-likeness (QED) is 0.533. The molecule has 0 saturated heterocycles. The molecule has 22 heavy (non-hydrogen) atoms. The second kappa shape index (κ2) is 6.62. The van der Waals surface area contributed by atoms with E-state index in [0.29, 0.717) is 22.0 Å². The van der Waals surface area contributed by atoms with Crippen LogP contribution in [0.5, 0.6) is 0 Å². The Balaban J connectivity index is 2.25. The van der Waals surface area contributed by atoms with Crippen molar-refractivity contribution in [1.82, 2.24) is 5.01 Å². The summed E-state index contributed by atoms with van der Waals surface area (Å²) in [6, 6.07) is 12.4. The Morgan fingerprint density at radius 3 is 2.45 bits per heavy atom. The minimum absolute atomic E-state index is 0.206. The zero-order valence-corrected chi connectivity index (χ0v) is 13.6. The highest BCUT2D eigenvalue weighted by Gasteiger charge is 2.12. The van der Waals surface area contributed by atoms with E-state index in [-0.39, 0.29) is 5.91 Å². The van der Waals surface area contributed by atoms with Gasteiger partial charge in [-0.25, -0.2) is 5.01 Å². The predicted octanol–water partition coefficient (Wildman–Crippen LogP) is 3.73. The topological polar surface area (TPSA) is 58.7 Å². The van der Waals surface area contributed by atoms with Crippen LogP contribution in [-0.4, -0.2) is 23.7 Å². The van der Waals surface area contributed by atoms with Gasteiger partial charge in [-0.15, -0.1) is 0 Å². The number of hydrogen-bond donors (Lipinski definition) is 1. The maximum absolute atomic E-state index is 12.3. The van der Waals surface area contributed by atoms with E-state index in [1.807, 2.05) is 32.0 Å². The summed E-state index contributed by atoms with van der Waals surface area (Å²) < 4.78 is 0. The molecule has 0 saturated carbocycles. The van der Waals surface area contributed by atoms with E-state index in [9.17, 15) is 4.79 Å². The average Bonchev–Trinajstić information content (AvgIpc) is 2.49. The molecule has 2 N–H and O–H groups in total. The van der Waals surface area contributed by atoms with Crippen LogP contribution in [0, 0.1) is 6.92 Å². The number of nitrogens with zero attached hydrogens (tertiary/aromatic N) is 2. The summed E-state index contributed by atoms with van der Waals surface area (Å²) >= 11 is 5.83. The number of anilines is 1. The third kappa shape index (κ3) is 3.65. The lowest BCUT2D eigenvalue weighted by Crippen LogP contribution is -2.23. The highest BCUT2D eigenvalue weighted by atomic mass is 35.5. The third-order valence-electron chi connectivity index (χ3n) is 3.28. The number of halogens is 1. The Morgan fingerprint density at radius 1 is 1.18 bits per heavy atom. The molecule has 0 atom stereocenters. The van der Waals surface area contributed by atoms with Crippen molar-refractivity contribution in [2.45, 2.75) is 13.8 Å². The van der Waals surface area contributed by atoms with Crippen molar-refractivity contribution in [3.63, 3.8) is 0 Å². The summed E-state index contributed by atoms with van der Waals surface area (Å²) in [7, 11) is 1.62. The van der Waals surface area contributed by atoms with E-state index in [0.717, 1.165) is 11.1 Å². The fraction of sp³-hybridized carbons (Fsp3) is 0.176. The first-order valence-corrected chi connectivity index (χ1v) is 7.21. The molecule has 114 valence electrons. The molecule has 0 bridgehead atoms. The van der Waals surface area contributed by atoms with Gasteiger partial charge in [-0.05, 0) is 50.2 Å². The SMILES string of the molecule is C/C(=N\N(C)C(=O)c1ccc(Cl)cc1)c1cc(C)ccc1N. The molecule has 0 aliphatic heterocycles. The molecular weight excluding hydrogens is 298 g/mol. The van der Waals surface area contributed by atoms with Crippen molar-refractivity contribution in [3.05, 3.63) is 64.2 Å². The van der Waals surface area contributed by atoms with Crippen LogP contribution in [0.1, 0.15) is 28.4 Å². The second-order valence-electron chi connectivity index (χ2n) is 5.11. The van der Waals surface area contributed by atoms with Crippen molar-refractivity contribution < 1.29 is 4.79 Å². The van der Waals surface area contributed by atoms with Crippen LogP contribution in [0.2, 0.25) is 5.02 Å². The van der Waals surface area contributed by atoms with E-state index < -0.39 is 0 Å². The summed E-state index contributed by atoms with van der Waals surface area (Å²) in [5.74, 6) is -0.206. The van der Waals surface area contributed by atoms with Crippen LogP contribution in [-0.2, 0) is 0 Å². The van der Waals surface area contributed by atoms with Gasteiger partial charge in [0.2, 0.25) is 0 Å². The number of amides is 1. The van der Waals surface area contributed by atoms with Gasteiger partial charge >= 0.3 is 0 Å². The summed E-state index contributed by atoms with van der Waals surface area (Å²) in [6.45, 7) is 3.82. The normalized spacial score (nSPS) is 11.4. The summed E-state index contributed by atoms with van der Waals surface area (Å²) in [6.07, 6.45) is 0. The first-order chi connectivity index (χ1) is 10.4. The highest BCUT2D eigenvalue weighted by Crippen LogP contribution is 2.16. The predicted molar refractivity (Wildman–Crippen MR) is 91.3 cm³/mol. The first-order valence-electron chi connectivity index (χ1n) is 6.84. The molecule has 0 aliphatic carbocycles. The number of hydrazone groups is 1. The van der Waals surface area contributed by atoms with E-state index >= 15 is 0 Å². The smallest absolute Gasteiger partial charge is 0.273 e. The van der Waals surface area contributed by atoms with Gasteiger partial charge in [0.15, 0.2) is 0 Å². The van der Waals surface area contributed by atoms with Crippen LogP contribution >= 0.6 is 11.6 Å². The molecular formula is C17H18ClN3O. The van der Waals surface area contributed by atoms with Crippen LogP contribution in [0.3, 0.4) is 0 Å². The van der Waals surface area contributed by atoms with Gasteiger partial charge in [-0.1, -0.05) is 23.2 Å². The fourth-order valence-corrected chi connectivity index (χ4v) is 2.21. The third-order valence-corrected chi connectivity index (χ3v) is 3.54. The monoisotopic (exact) mass is 315 g/mol. The molecule has 1 amide bonds. The highest BCUT2D eigenvalue weighted by molar-refractivity contribution is 6.30. The zero-order valence-electron chi connectivity index (χ0n) is 12.8. The number of nitrogens with two attached hydrogens (primary N) is 1. The zero-order chi connectivity index (χ0) is 16.3. The molecule has 2 aromatic carbocycles. The average molecular weight is 316 g/mol. The van der Waals surface area contributed by atoms with Gasteiger partial charge in [-0.2, -0.15) is 5.10 Å². The molecule has 5 heteroatoms. The Bertz CT molecular complexity index is 723. The number of benzene rings is 2. The van der Waals surface area contributed by atoms with E-state index in [1.165, 1.54) is 5.01 Å². The van der Waals surface area contributed by atoms with E-state index in [4.69, 9.17) is 17.3 Å². The summed E-state index contributed by atoms with van der Waals surface area (Å²) in [4.78, 5) is 12.3. The fourth-order valence-electron chi connectivity index (χ4n) is 2.09. The molecule has 0 unspecified atom stereocenters. The number of carbonyl (C=O) groups excluding carboxylic acids is 1. The Hall–Kier alpha value is -2.33. The first kappa shape index (κ1) is 16.0. The molecule has 0 aromatic heterocycles. The van der Waals surface area contributed by atoms with E-state index in [1.54, 1.807) is 31.3 Å². The lowest BCUT2D eigenvalue weighted by molar-refractivity contribution is 0.0799. The van der Waals surface area contributed by atoms with Crippen molar-refractivity contribution in [3.8, 4) is 0 Å². The molecule has 0 radical (unpaired) electrons.